The van der Waals surface area contributed by atoms with Gasteiger partial charge in [0.05, 0.1) is 0 Å². The maximum atomic E-state index is 4.04. The molecule has 0 bridgehead atoms. The predicted molar refractivity (Wildman–Crippen MR) is 73.5 cm³/mol. The summed E-state index contributed by atoms with van der Waals surface area (Å²) in [4.78, 5) is 0. The SMILES string of the molecule is C=C1CC1=C(CC)CCC(C)C(C)C=CC. The molecule has 2 atom stereocenters. The van der Waals surface area contributed by atoms with Crippen molar-refractivity contribution < 1.29 is 0 Å². The van der Waals surface area contributed by atoms with Crippen molar-refractivity contribution in [2.75, 3.05) is 0 Å². The zero-order chi connectivity index (χ0) is 12.1. The lowest BCUT2D eigenvalue weighted by molar-refractivity contribution is 0.426. The Balaban J connectivity index is 2.42. The van der Waals surface area contributed by atoms with Gasteiger partial charge in [0, 0.05) is 0 Å². The van der Waals surface area contributed by atoms with E-state index in [-0.39, 0.29) is 0 Å². The normalized spacial score (nSPS) is 22.4. The molecule has 0 nitrogen and oxygen atoms in total. The third-order valence-electron chi connectivity index (χ3n) is 3.84. The monoisotopic (exact) mass is 218 g/mol. The van der Waals surface area contributed by atoms with E-state index < -0.39 is 0 Å². The summed E-state index contributed by atoms with van der Waals surface area (Å²) in [5.74, 6) is 1.49. The molecule has 1 aliphatic carbocycles. The first-order chi connectivity index (χ1) is 7.60. The molecule has 0 spiro atoms. The van der Waals surface area contributed by atoms with E-state index in [4.69, 9.17) is 0 Å². The van der Waals surface area contributed by atoms with Gasteiger partial charge in [0.25, 0.3) is 0 Å². The highest BCUT2D eigenvalue weighted by molar-refractivity contribution is 5.51. The Morgan fingerprint density at radius 2 is 2.06 bits per heavy atom. The van der Waals surface area contributed by atoms with Crippen LogP contribution in [0.25, 0.3) is 0 Å². The van der Waals surface area contributed by atoms with Crippen LogP contribution < -0.4 is 0 Å². The summed E-state index contributed by atoms with van der Waals surface area (Å²) in [5.41, 5.74) is 4.61. The van der Waals surface area contributed by atoms with Crippen LogP contribution in [0.3, 0.4) is 0 Å². The zero-order valence-corrected chi connectivity index (χ0v) is 11.3. The molecule has 0 amide bonds. The smallest absolute Gasteiger partial charge is 0.00266 e. The summed E-state index contributed by atoms with van der Waals surface area (Å²) in [6.07, 6.45) is 9.46. The first-order valence-electron chi connectivity index (χ1n) is 6.62. The fourth-order valence-corrected chi connectivity index (χ4v) is 2.24. The minimum Gasteiger partial charge on any atom is -0.0952 e. The molecule has 1 saturated carbocycles. The highest BCUT2D eigenvalue weighted by Crippen LogP contribution is 2.40. The summed E-state index contributed by atoms with van der Waals surface area (Å²) >= 11 is 0. The molecule has 0 radical (unpaired) electrons. The van der Waals surface area contributed by atoms with Gasteiger partial charge < -0.3 is 0 Å². The Morgan fingerprint density at radius 3 is 2.50 bits per heavy atom. The van der Waals surface area contributed by atoms with Crippen molar-refractivity contribution in [3.05, 3.63) is 35.5 Å². The highest BCUT2D eigenvalue weighted by Gasteiger charge is 2.22. The zero-order valence-electron chi connectivity index (χ0n) is 11.3. The third-order valence-corrected chi connectivity index (χ3v) is 3.84. The van der Waals surface area contributed by atoms with E-state index in [2.05, 4.69) is 46.4 Å². The lowest BCUT2D eigenvalue weighted by Crippen LogP contribution is -2.05. The molecule has 0 aromatic carbocycles. The van der Waals surface area contributed by atoms with E-state index in [0.29, 0.717) is 5.92 Å². The van der Waals surface area contributed by atoms with Crippen molar-refractivity contribution in [3.8, 4) is 0 Å². The topological polar surface area (TPSA) is 0 Å². The molecular weight excluding hydrogens is 192 g/mol. The number of hydrogen-bond donors (Lipinski definition) is 0. The number of rotatable bonds is 6. The van der Waals surface area contributed by atoms with Crippen molar-refractivity contribution in [1.29, 1.82) is 0 Å². The molecule has 0 N–H and O–H groups in total. The maximum absolute atomic E-state index is 4.04. The van der Waals surface area contributed by atoms with Gasteiger partial charge in [0.15, 0.2) is 0 Å². The van der Waals surface area contributed by atoms with E-state index in [1.54, 1.807) is 11.1 Å². The van der Waals surface area contributed by atoms with E-state index in [0.717, 1.165) is 5.92 Å². The lowest BCUT2D eigenvalue weighted by atomic mass is 9.89. The predicted octanol–water partition coefficient (Wildman–Crippen LogP) is 5.28. The second-order valence-electron chi connectivity index (χ2n) is 5.12. The van der Waals surface area contributed by atoms with Crippen molar-refractivity contribution in [2.45, 2.75) is 53.4 Å². The van der Waals surface area contributed by atoms with Gasteiger partial charge >= 0.3 is 0 Å². The maximum Gasteiger partial charge on any atom is -0.00266 e. The summed E-state index contributed by atoms with van der Waals surface area (Å²) < 4.78 is 0. The second kappa shape index (κ2) is 6.08. The molecule has 1 rings (SSSR count). The molecule has 90 valence electrons. The Hall–Kier alpha value is -0.780. The molecule has 2 unspecified atom stereocenters. The van der Waals surface area contributed by atoms with Gasteiger partial charge in [-0.25, -0.2) is 0 Å². The minimum atomic E-state index is 0.704. The van der Waals surface area contributed by atoms with Crippen LogP contribution in [0.5, 0.6) is 0 Å². The first kappa shape index (κ1) is 13.3. The Kier molecular flexibility index (Phi) is 5.05. The van der Waals surface area contributed by atoms with Gasteiger partial charge in [-0.05, 0) is 55.6 Å². The molecule has 16 heavy (non-hydrogen) atoms. The van der Waals surface area contributed by atoms with E-state index in [1.165, 1.54) is 31.3 Å². The fraction of sp³-hybridized carbons (Fsp3) is 0.625. The first-order valence-corrected chi connectivity index (χ1v) is 6.62. The molecule has 1 fully saturated rings. The Bertz CT molecular complexity index is 304. The fourth-order valence-electron chi connectivity index (χ4n) is 2.24. The average molecular weight is 218 g/mol. The molecular formula is C16H26. The molecule has 1 aliphatic rings. The van der Waals surface area contributed by atoms with Crippen molar-refractivity contribution in [2.24, 2.45) is 11.8 Å². The van der Waals surface area contributed by atoms with Crippen molar-refractivity contribution >= 4 is 0 Å². The van der Waals surface area contributed by atoms with E-state index in [9.17, 15) is 0 Å². The van der Waals surface area contributed by atoms with Crippen LogP contribution in [0.4, 0.5) is 0 Å². The molecule has 0 heteroatoms. The summed E-state index contributed by atoms with van der Waals surface area (Å²) in [7, 11) is 0. The van der Waals surface area contributed by atoms with Gasteiger partial charge in [-0.15, -0.1) is 0 Å². The molecule has 0 aromatic heterocycles. The van der Waals surface area contributed by atoms with Gasteiger partial charge in [-0.2, -0.15) is 0 Å². The molecule has 0 saturated heterocycles. The number of hydrogen-bond acceptors (Lipinski definition) is 0. The minimum absolute atomic E-state index is 0.704. The summed E-state index contributed by atoms with van der Waals surface area (Å²) in [5, 5.41) is 0. The third kappa shape index (κ3) is 3.66. The Morgan fingerprint density at radius 1 is 1.44 bits per heavy atom. The van der Waals surface area contributed by atoms with Crippen LogP contribution in [-0.4, -0.2) is 0 Å². The van der Waals surface area contributed by atoms with Gasteiger partial charge in [-0.3, -0.25) is 0 Å². The molecule has 0 aliphatic heterocycles. The molecule has 0 aromatic rings. The summed E-state index contributed by atoms with van der Waals surface area (Å²) in [6, 6.07) is 0. The van der Waals surface area contributed by atoms with Gasteiger partial charge in [0.1, 0.15) is 0 Å². The second-order valence-corrected chi connectivity index (χ2v) is 5.12. The van der Waals surface area contributed by atoms with E-state index >= 15 is 0 Å². The lowest BCUT2D eigenvalue weighted by Gasteiger charge is -2.17. The quantitative estimate of drug-likeness (QED) is 0.532. The highest BCUT2D eigenvalue weighted by atomic mass is 14.3. The van der Waals surface area contributed by atoms with Crippen molar-refractivity contribution in [3.63, 3.8) is 0 Å². The van der Waals surface area contributed by atoms with Gasteiger partial charge in [0.2, 0.25) is 0 Å². The Labute approximate surface area is 101 Å². The van der Waals surface area contributed by atoms with E-state index in [1.807, 2.05) is 0 Å². The van der Waals surface area contributed by atoms with Crippen LogP contribution in [0.2, 0.25) is 0 Å². The van der Waals surface area contributed by atoms with Crippen LogP contribution in [0.15, 0.2) is 35.5 Å². The largest absolute Gasteiger partial charge is 0.0952 e. The van der Waals surface area contributed by atoms with Crippen LogP contribution in [-0.2, 0) is 0 Å². The summed E-state index contributed by atoms with van der Waals surface area (Å²) in [6.45, 7) is 13.1. The van der Waals surface area contributed by atoms with Crippen LogP contribution in [0.1, 0.15) is 53.4 Å². The standard InChI is InChI=1S/C16H26/c1-6-8-12(3)13(4)9-10-15(7-2)16-11-14(16)5/h6,8,12-13H,5,7,9-11H2,1-4H3. The number of allylic oxidation sites excluding steroid dienone is 5. The van der Waals surface area contributed by atoms with Gasteiger partial charge in [-0.1, -0.05) is 45.1 Å². The van der Waals surface area contributed by atoms with Crippen molar-refractivity contribution in [1.82, 2.24) is 0 Å². The average Bonchev–Trinajstić information content (AvgIpc) is 2.96. The molecule has 0 heterocycles. The van der Waals surface area contributed by atoms with Crippen LogP contribution >= 0.6 is 0 Å². The van der Waals surface area contributed by atoms with Crippen LogP contribution in [0, 0.1) is 11.8 Å².